The SMILES string of the molecule is Cc1nn(C)cc1C(=O)Nc1c(O)cccc1[N+](=O)[O-]. The van der Waals surface area contributed by atoms with Crippen molar-refractivity contribution in [1.29, 1.82) is 0 Å². The molecule has 1 amide bonds. The molecule has 8 heteroatoms. The number of hydrogen-bond donors (Lipinski definition) is 2. The molecule has 0 fully saturated rings. The highest BCUT2D eigenvalue weighted by molar-refractivity contribution is 6.06. The molecule has 0 aliphatic carbocycles. The summed E-state index contributed by atoms with van der Waals surface area (Å²) >= 11 is 0. The van der Waals surface area contributed by atoms with E-state index in [4.69, 9.17) is 0 Å². The highest BCUT2D eigenvalue weighted by Gasteiger charge is 2.21. The van der Waals surface area contributed by atoms with Crippen molar-refractivity contribution in [3.63, 3.8) is 0 Å². The first-order valence-corrected chi connectivity index (χ1v) is 5.68. The highest BCUT2D eigenvalue weighted by atomic mass is 16.6. The Bertz CT molecular complexity index is 693. The van der Waals surface area contributed by atoms with Crippen LogP contribution < -0.4 is 5.32 Å². The first-order valence-electron chi connectivity index (χ1n) is 5.68. The van der Waals surface area contributed by atoms with E-state index in [1.165, 1.54) is 29.1 Å². The minimum atomic E-state index is -0.675. The van der Waals surface area contributed by atoms with Gasteiger partial charge >= 0.3 is 0 Å². The maximum atomic E-state index is 12.1. The molecule has 0 spiro atoms. The first kappa shape index (κ1) is 13.5. The molecule has 2 N–H and O–H groups in total. The number of nitrogens with zero attached hydrogens (tertiary/aromatic N) is 3. The summed E-state index contributed by atoms with van der Waals surface area (Å²) in [5.41, 5.74) is 0.166. The Kier molecular flexibility index (Phi) is 3.38. The minimum absolute atomic E-state index is 0.231. The Labute approximate surface area is 113 Å². The fourth-order valence-corrected chi connectivity index (χ4v) is 1.81. The van der Waals surface area contributed by atoms with Gasteiger partial charge in [-0.2, -0.15) is 5.10 Å². The number of aromatic nitrogens is 2. The fraction of sp³-hybridized carbons (Fsp3) is 0.167. The number of phenolic OH excluding ortho intramolecular Hbond substituents is 1. The molecule has 104 valence electrons. The smallest absolute Gasteiger partial charge is 0.296 e. The summed E-state index contributed by atoms with van der Waals surface area (Å²) in [6.45, 7) is 1.65. The summed E-state index contributed by atoms with van der Waals surface area (Å²) in [4.78, 5) is 22.3. The zero-order valence-electron chi connectivity index (χ0n) is 10.8. The molecule has 2 aromatic rings. The average molecular weight is 276 g/mol. The number of para-hydroxylation sites is 1. The maximum Gasteiger partial charge on any atom is 0.296 e. The van der Waals surface area contributed by atoms with Crippen LogP contribution in [0.5, 0.6) is 5.75 Å². The summed E-state index contributed by atoms with van der Waals surface area (Å²) in [6.07, 6.45) is 1.50. The van der Waals surface area contributed by atoms with Crippen LogP contribution in [0.2, 0.25) is 0 Å². The molecular weight excluding hydrogens is 264 g/mol. The van der Waals surface area contributed by atoms with Crippen molar-refractivity contribution in [2.24, 2.45) is 7.05 Å². The number of benzene rings is 1. The lowest BCUT2D eigenvalue weighted by molar-refractivity contribution is -0.384. The van der Waals surface area contributed by atoms with Crippen LogP contribution in [-0.2, 0) is 7.05 Å². The zero-order valence-corrected chi connectivity index (χ0v) is 10.8. The Hall–Kier alpha value is -2.90. The number of rotatable bonds is 3. The van der Waals surface area contributed by atoms with Crippen LogP contribution in [0.15, 0.2) is 24.4 Å². The van der Waals surface area contributed by atoms with Crippen LogP contribution in [0, 0.1) is 17.0 Å². The van der Waals surface area contributed by atoms with E-state index in [0.29, 0.717) is 5.69 Å². The third-order valence-electron chi connectivity index (χ3n) is 2.71. The monoisotopic (exact) mass is 276 g/mol. The van der Waals surface area contributed by atoms with E-state index in [1.54, 1.807) is 14.0 Å². The van der Waals surface area contributed by atoms with Crippen LogP contribution in [-0.4, -0.2) is 25.7 Å². The summed E-state index contributed by atoms with van der Waals surface area (Å²) in [7, 11) is 1.66. The third kappa shape index (κ3) is 2.44. The zero-order chi connectivity index (χ0) is 14.9. The van der Waals surface area contributed by atoms with E-state index >= 15 is 0 Å². The predicted octanol–water partition coefficient (Wildman–Crippen LogP) is 1.59. The Morgan fingerprint density at radius 2 is 2.20 bits per heavy atom. The van der Waals surface area contributed by atoms with Gasteiger partial charge in [0.15, 0.2) is 5.69 Å². The molecule has 1 aromatic carbocycles. The van der Waals surface area contributed by atoms with Gasteiger partial charge in [-0.3, -0.25) is 19.6 Å². The van der Waals surface area contributed by atoms with Crippen LogP contribution in [0.25, 0.3) is 0 Å². The number of nitro benzene ring substituents is 1. The van der Waals surface area contributed by atoms with Gasteiger partial charge in [0.25, 0.3) is 11.6 Å². The number of aryl methyl sites for hydroxylation is 2. The number of anilines is 1. The number of carbonyl (C=O) groups is 1. The summed E-state index contributed by atoms with van der Waals surface area (Å²) in [6, 6.07) is 3.79. The van der Waals surface area contributed by atoms with Gasteiger partial charge < -0.3 is 10.4 Å². The van der Waals surface area contributed by atoms with Gasteiger partial charge in [0.1, 0.15) is 5.75 Å². The van der Waals surface area contributed by atoms with Crippen molar-refractivity contribution in [3.05, 3.63) is 45.8 Å². The van der Waals surface area contributed by atoms with Gasteiger partial charge in [-0.25, -0.2) is 0 Å². The van der Waals surface area contributed by atoms with Gasteiger partial charge in [0, 0.05) is 19.3 Å². The molecule has 0 aliphatic rings. The Morgan fingerprint density at radius 1 is 1.50 bits per heavy atom. The summed E-state index contributed by atoms with van der Waals surface area (Å²) < 4.78 is 1.46. The molecule has 8 nitrogen and oxygen atoms in total. The van der Waals surface area contributed by atoms with Gasteiger partial charge in [0.05, 0.1) is 16.2 Å². The Morgan fingerprint density at radius 3 is 2.75 bits per heavy atom. The van der Waals surface area contributed by atoms with Crippen molar-refractivity contribution in [2.45, 2.75) is 6.92 Å². The van der Waals surface area contributed by atoms with Crippen molar-refractivity contribution in [2.75, 3.05) is 5.32 Å². The highest BCUT2D eigenvalue weighted by Crippen LogP contribution is 2.33. The van der Waals surface area contributed by atoms with E-state index in [0.717, 1.165) is 0 Å². The van der Waals surface area contributed by atoms with E-state index in [1.807, 2.05) is 0 Å². The van der Waals surface area contributed by atoms with Crippen LogP contribution >= 0.6 is 0 Å². The standard InChI is InChI=1S/C12H12N4O4/c1-7-8(6-15(2)14-7)12(18)13-11-9(16(19)20)4-3-5-10(11)17/h3-6,17H,1-2H3,(H,13,18). The van der Waals surface area contributed by atoms with Crippen LogP contribution in [0.1, 0.15) is 16.1 Å². The molecule has 2 rings (SSSR count). The van der Waals surface area contributed by atoms with Gasteiger partial charge in [-0.15, -0.1) is 0 Å². The van der Waals surface area contributed by atoms with Crippen molar-refractivity contribution in [3.8, 4) is 5.75 Å². The Balaban J connectivity index is 2.37. The molecule has 0 saturated carbocycles. The second-order valence-corrected chi connectivity index (χ2v) is 4.18. The second-order valence-electron chi connectivity index (χ2n) is 4.18. The number of phenols is 1. The molecule has 0 aliphatic heterocycles. The summed E-state index contributed by atoms with van der Waals surface area (Å²) in [5, 5.41) is 26.9. The third-order valence-corrected chi connectivity index (χ3v) is 2.71. The first-order chi connectivity index (χ1) is 9.40. The molecule has 0 radical (unpaired) electrons. The average Bonchev–Trinajstić information content (AvgIpc) is 2.70. The van der Waals surface area contributed by atoms with Crippen LogP contribution in [0.3, 0.4) is 0 Å². The molecule has 0 bridgehead atoms. The molecular formula is C12H12N4O4. The number of aromatic hydroxyl groups is 1. The van der Waals surface area contributed by atoms with E-state index in [2.05, 4.69) is 10.4 Å². The molecule has 1 aromatic heterocycles. The lowest BCUT2D eigenvalue weighted by Crippen LogP contribution is -2.13. The largest absolute Gasteiger partial charge is 0.505 e. The fourth-order valence-electron chi connectivity index (χ4n) is 1.81. The second kappa shape index (κ2) is 5.00. The van der Waals surface area contributed by atoms with E-state index in [-0.39, 0.29) is 22.7 Å². The van der Waals surface area contributed by atoms with E-state index < -0.39 is 10.8 Å². The molecule has 20 heavy (non-hydrogen) atoms. The van der Waals surface area contributed by atoms with Crippen molar-refractivity contribution >= 4 is 17.3 Å². The normalized spacial score (nSPS) is 10.3. The van der Waals surface area contributed by atoms with Crippen LogP contribution in [0.4, 0.5) is 11.4 Å². The van der Waals surface area contributed by atoms with E-state index in [9.17, 15) is 20.0 Å². The number of carbonyl (C=O) groups excluding carboxylic acids is 1. The molecule has 0 saturated heterocycles. The number of nitro groups is 1. The maximum absolute atomic E-state index is 12.1. The predicted molar refractivity (Wildman–Crippen MR) is 70.7 cm³/mol. The molecule has 0 unspecified atom stereocenters. The lowest BCUT2D eigenvalue weighted by Gasteiger charge is -2.07. The van der Waals surface area contributed by atoms with Gasteiger partial charge in [0.2, 0.25) is 0 Å². The summed E-state index contributed by atoms with van der Waals surface area (Å²) in [5.74, 6) is -0.936. The quantitative estimate of drug-likeness (QED) is 0.502. The van der Waals surface area contributed by atoms with Gasteiger partial charge in [-0.05, 0) is 13.0 Å². The van der Waals surface area contributed by atoms with Gasteiger partial charge in [-0.1, -0.05) is 6.07 Å². The van der Waals surface area contributed by atoms with Crippen molar-refractivity contribution < 1.29 is 14.8 Å². The number of nitrogens with one attached hydrogen (secondary N) is 1. The molecule has 0 atom stereocenters. The molecule has 1 heterocycles. The number of amides is 1. The van der Waals surface area contributed by atoms with Crippen molar-refractivity contribution in [1.82, 2.24) is 9.78 Å². The topological polar surface area (TPSA) is 110 Å². The minimum Gasteiger partial charge on any atom is -0.505 e. The number of hydrogen-bond acceptors (Lipinski definition) is 5. The lowest BCUT2D eigenvalue weighted by atomic mass is 10.2.